The maximum atomic E-state index is 13.1. The molecule has 39 heavy (non-hydrogen) atoms. The quantitative estimate of drug-likeness (QED) is 0.249. The molecule has 0 spiro atoms. The maximum absolute atomic E-state index is 13.1. The minimum atomic E-state index is -0.172. The van der Waals surface area contributed by atoms with Crippen molar-refractivity contribution in [1.29, 1.82) is 0 Å². The van der Waals surface area contributed by atoms with E-state index in [-0.39, 0.29) is 5.91 Å². The van der Waals surface area contributed by atoms with Crippen molar-refractivity contribution >= 4 is 16.8 Å². The molecule has 0 radical (unpaired) electrons. The Labute approximate surface area is 223 Å². The van der Waals surface area contributed by atoms with Gasteiger partial charge in [0.25, 0.3) is 5.91 Å². The molecule has 4 heterocycles. The van der Waals surface area contributed by atoms with Crippen LogP contribution in [0.4, 0.5) is 0 Å². The average Bonchev–Trinajstić information content (AvgIpc) is 3.78. The van der Waals surface area contributed by atoms with Gasteiger partial charge in [0.2, 0.25) is 0 Å². The topological polar surface area (TPSA) is 143 Å². The molecular formula is C28H27N9O2. The third-order valence-corrected chi connectivity index (χ3v) is 6.86. The number of amides is 1. The Morgan fingerprint density at radius 1 is 1.08 bits per heavy atom. The van der Waals surface area contributed by atoms with Crippen molar-refractivity contribution in [3.63, 3.8) is 0 Å². The second-order valence-corrected chi connectivity index (χ2v) is 9.43. The van der Waals surface area contributed by atoms with Gasteiger partial charge in [-0.05, 0) is 49.1 Å². The van der Waals surface area contributed by atoms with Crippen LogP contribution in [0.1, 0.15) is 38.6 Å². The van der Waals surface area contributed by atoms with Crippen molar-refractivity contribution in [2.45, 2.75) is 39.3 Å². The summed E-state index contributed by atoms with van der Waals surface area (Å²) in [5.41, 5.74) is 7.97. The fourth-order valence-corrected chi connectivity index (χ4v) is 4.89. The highest BCUT2D eigenvalue weighted by Gasteiger charge is 2.21. The number of aromatic amines is 2. The SMILES string of the molecule is Cc1ccc(CCc2c(-c3cn[nH]c3)n(CCc3nn[nH]n3)c3ccc(C(=O)NCc4ccon4)cc23)cc1. The van der Waals surface area contributed by atoms with Crippen LogP contribution in [0.25, 0.3) is 22.2 Å². The van der Waals surface area contributed by atoms with Gasteiger partial charge in [-0.3, -0.25) is 9.89 Å². The first kappa shape index (κ1) is 24.3. The number of rotatable bonds is 10. The first-order valence-electron chi connectivity index (χ1n) is 12.8. The summed E-state index contributed by atoms with van der Waals surface area (Å²) < 4.78 is 7.13. The smallest absolute Gasteiger partial charge is 0.251 e. The van der Waals surface area contributed by atoms with Gasteiger partial charge in [0.15, 0.2) is 5.82 Å². The van der Waals surface area contributed by atoms with E-state index in [0.717, 1.165) is 40.6 Å². The van der Waals surface area contributed by atoms with Gasteiger partial charge < -0.3 is 14.4 Å². The number of benzene rings is 2. The molecule has 0 aliphatic carbocycles. The Hall–Kier alpha value is -5.06. The number of nitrogens with zero attached hydrogens (tertiary/aromatic N) is 6. The van der Waals surface area contributed by atoms with Crippen molar-refractivity contribution in [3.05, 3.63) is 101 Å². The lowest BCUT2D eigenvalue weighted by molar-refractivity contribution is 0.0950. The van der Waals surface area contributed by atoms with Crippen LogP contribution in [0.15, 0.2) is 71.7 Å². The van der Waals surface area contributed by atoms with Crippen LogP contribution in [0.2, 0.25) is 0 Å². The molecule has 0 bridgehead atoms. The summed E-state index contributed by atoms with van der Waals surface area (Å²) in [7, 11) is 0. The Bertz CT molecular complexity index is 1670. The molecule has 11 heteroatoms. The molecule has 6 rings (SSSR count). The van der Waals surface area contributed by atoms with Gasteiger partial charge >= 0.3 is 0 Å². The number of hydrogen-bond donors (Lipinski definition) is 3. The molecular weight excluding hydrogens is 494 g/mol. The number of aryl methyl sites for hydroxylation is 5. The predicted molar refractivity (Wildman–Crippen MR) is 144 cm³/mol. The lowest BCUT2D eigenvalue weighted by Crippen LogP contribution is -2.22. The van der Waals surface area contributed by atoms with Crippen LogP contribution in [-0.4, -0.2) is 46.5 Å². The summed E-state index contributed by atoms with van der Waals surface area (Å²) in [6.45, 7) is 3.02. The number of fused-ring (bicyclic) bond motifs is 1. The standard InChI is InChI=1S/C28H27N9O2/c1-18-2-4-19(5-3-18)6-8-23-24-14-20(28(38)29-17-22-11-13-39-34-22)7-9-25(24)37(12-10-26-32-35-36-33-26)27(23)21-15-30-31-16-21/h2-5,7,9,11,13-16H,6,8,10,12,17H2,1H3,(H,29,38)(H,30,31)(H,32,33,35,36). The van der Waals surface area contributed by atoms with Gasteiger partial charge in [0.05, 0.1) is 18.4 Å². The van der Waals surface area contributed by atoms with Crippen LogP contribution in [0.5, 0.6) is 0 Å². The highest BCUT2D eigenvalue weighted by molar-refractivity contribution is 6.00. The highest BCUT2D eigenvalue weighted by Crippen LogP contribution is 2.35. The summed E-state index contributed by atoms with van der Waals surface area (Å²) in [5.74, 6) is 0.467. The molecule has 1 amide bonds. The molecule has 196 valence electrons. The Balaban J connectivity index is 1.41. The summed E-state index contributed by atoms with van der Waals surface area (Å²) in [6, 6.07) is 16.2. The third kappa shape index (κ3) is 5.19. The molecule has 0 atom stereocenters. The van der Waals surface area contributed by atoms with E-state index in [1.54, 1.807) is 6.07 Å². The maximum Gasteiger partial charge on any atom is 0.251 e. The monoisotopic (exact) mass is 521 g/mol. The lowest BCUT2D eigenvalue weighted by atomic mass is 9.98. The fourth-order valence-electron chi connectivity index (χ4n) is 4.89. The second-order valence-electron chi connectivity index (χ2n) is 9.43. The van der Waals surface area contributed by atoms with Crippen molar-refractivity contribution in [2.24, 2.45) is 0 Å². The first-order valence-corrected chi connectivity index (χ1v) is 12.8. The molecule has 0 aliphatic rings. The van der Waals surface area contributed by atoms with Crippen molar-refractivity contribution in [3.8, 4) is 11.3 Å². The summed E-state index contributed by atoms with van der Waals surface area (Å²) in [5, 5.41) is 29.5. The molecule has 4 aromatic heterocycles. The number of carbonyl (C=O) groups excluding carboxylic acids is 1. The first-order chi connectivity index (χ1) is 19.2. The number of hydrogen-bond acceptors (Lipinski definition) is 7. The van der Waals surface area contributed by atoms with E-state index in [1.165, 1.54) is 17.4 Å². The Morgan fingerprint density at radius 3 is 2.72 bits per heavy atom. The van der Waals surface area contributed by atoms with Crippen LogP contribution in [0.3, 0.4) is 0 Å². The molecule has 0 saturated heterocycles. The normalized spacial score (nSPS) is 11.3. The zero-order valence-corrected chi connectivity index (χ0v) is 21.4. The minimum absolute atomic E-state index is 0.172. The van der Waals surface area contributed by atoms with E-state index in [9.17, 15) is 4.79 Å². The third-order valence-electron chi connectivity index (χ3n) is 6.86. The van der Waals surface area contributed by atoms with Gasteiger partial charge in [-0.15, -0.1) is 10.2 Å². The lowest BCUT2D eigenvalue weighted by Gasteiger charge is -2.11. The van der Waals surface area contributed by atoms with E-state index in [0.29, 0.717) is 36.6 Å². The molecule has 3 N–H and O–H groups in total. The number of tetrazole rings is 1. The Morgan fingerprint density at radius 2 is 1.97 bits per heavy atom. The van der Waals surface area contributed by atoms with Gasteiger partial charge in [0, 0.05) is 47.3 Å². The van der Waals surface area contributed by atoms with Crippen LogP contribution in [0, 0.1) is 6.92 Å². The number of H-pyrrole nitrogens is 2. The number of aromatic nitrogens is 8. The largest absolute Gasteiger partial charge is 0.364 e. The molecule has 0 aliphatic heterocycles. The average molecular weight is 522 g/mol. The van der Waals surface area contributed by atoms with Crippen molar-refractivity contribution in [1.82, 2.24) is 45.9 Å². The van der Waals surface area contributed by atoms with E-state index in [2.05, 4.69) is 77.1 Å². The molecule has 11 nitrogen and oxygen atoms in total. The second kappa shape index (κ2) is 10.7. The van der Waals surface area contributed by atoms with E-state index in [4.69, 9.17) is 4.52 Å². The molecule has 0 fully saturated rings. The van der Waals surface area contributed by atoms with Crippen LogP contribution in [-0.2, 0) is 32.4 Å². The van der Waals surface area contributed by atoms with Gasteiger partial charge in [-0.25, -0.2) is 0 Å². The zero-order chi connectivity index (χ0) is 26.6. The van der Waals surface area contributed by atoms with Crippen LogP contribution >= 0.6 is 0 Å². The number of carbonyl (C=O) groups is 1. The van der Waals surface area contributed by atoms with E-state index >= 15 is 0 Å². The predicted octanol–water partition coefficient (Wildman–Crippen LogP) is 3.80. The molecule has 0 saturated carbocycles. The van der Waals surface area contributed by atoms with Crippen molar-refractivity contribution in [2.75, 3.05) is 0 Å². The summed E-state index contributed by atoms with van der Waals surface area (Å²) in [4.78, 5) is 13.1. The molecule has 0 unspecified atom stereocenters. The van der Waals surface area contributed by atoms with Gasteiger partial charge in [0.1, 0.15) is 12.0 Å². The highest BCUT2D eigenvalue weighted by atomic mass is 16.5. The fraction of sp³-hybridized carbons (Fsp3) is 0.214. The molecule has 2 aromatic carbocycles. The molecule has 6 aromatic rings. The number of nitrogens with one attached hydrogen (secondary N) is 3. The summed E-state index contributed by atoms with van der Waals surface area (Å²) >= 11 is 0. The van der Waals surface area contributed by atoms with E-state index < -0.39 is 0 Å². The minimum Gasteiger partial charge on any atom is -0.364 e. The van der Waals surface area contributed by atoms with Gasteiger partial charge in [-0.2, -0.15) is 10.3 Å². The zero-order valence-electron chi connectivity index (χ0n) is 21.4. The Kier molecular flexibility index (Phi) is 6.69. The van der Waals surface area contributed by atoms with E-state index in [1.807, 2.05) is 30.6 Å². The van der Waals surface area contributed by atoms with Gasteiger partial charge in [-0.1, -0.05) is 40.2 Å². The van der Waals surface area contributed by atoms with Crippen LogP contribution < -0.4 is 5.32 Å². The summed E-state index contributed by atoms with van der Waals surface area (Å²) in [6.07, 6.45) is 7.47. The van der Waals surface area contributed by atoms with Crippen molar-refractivity contribution < 1.29 is 9.32 Å².